The molecule has 2 aromatic carbocycles. The van der Waals surface area contributed by atoms with E-state index in [2.05, 4.69) is 75.6 Å². The smallest absolute Gasteiger partial charge is 0.0346 e. The van der Waals surface area contributed by atoms with E-state index in [1.807, 2.05) is 18.5 Å². The molecule has 0 saturated carbocycles. The first-order valence-corrected chi connectivity index (χ1v) is 7.83. The Labute approximate surface area is 133 Å². The summed E-state index contributed by atoms with van der Waals surface area (Å²) < 4.78 is 1.12. The fourth-order valence-electron chi connectivity index (χ4n) is 2.41. The molecule has 3 rings (SSSR count). The maximum Gasteiger partial charge on any atom is 0.0346 e. The summed E-state index contributed by atoms with van der Waals surface area (Å²) in [7, 11) is 0. The molecule has 3 aromatic rings. The fourth-order valence-corrected chi connectivity index (χ4v) is 2.82. The summed E-state index contributed by atoms with van der Waals surface area (Å²) in [5.74, 6) is 0. The van der Waals surface area contributed by atoms with Crippen LogP contribution >= 0.6 is 15.9 Å². The van der Waals surface area contributed by atoms with Crippen LogP contribution in [0.5, 0.6) is 0 Å². The van der Waals surface area contributed by atoms with E-state index in [9.17, 15) is 0 Å². The molecule has 1 heterocycles. The van der Waals surface area contributed by atoms with Crippen molar-refractivity contribution in [3.8, 4) is 0 Å². The standard InChI is InChI=1S/C18H17BrN2/c1-13(15-3-2-4-18(19)10-15)21-11-14-5-6-17-12-20-8-7-16(17)9-14/h2-10,12-13,21H,11H2,1H3/t13-/m0/s1. The predicted octanol–water partition coefficient (Wildman–Crippen LogP) is 4.85. The first-order chi connectivity index (χ1) is 10.2. The first-order valence-electron chi connectivity index (χ1n) is 7.04. The fraction of sp³-hybridized carbons (Fsp3) is 0.167. The van der Waals surface area contributed by atoms with E-state index in [-0.39, 0.29) is 0 Å². The highest BCUT2D eigenvalue weighted by Gasteiger charge is 2.05. The van der Waals surface area contributed by atoms with E-state index < -0.39 is 0 Å². The lowest BCUT2D eigenvalue weighted by Crippen LogP contribution is -2.18. The third-order valence-corrected chi connectivity index (χ3v) is 4.16. The summed E-state index contributed by atoms with van der Waals surface area (Å²) in [5.41, 5.74) is 2.57. The topological polar surface area (TPSA) is 24.9 Å². The van der Waals surface area contributed by atoms with E-state index in [4.69, 9.17) is 0 Å². The van der Waals surface area contributed by atoms with E-state index in [1.54, 1.807) is 0 Å². The highest BCUT2D eigenvalue weighted by molar-refractivity contribution is 9.10. The molecule has 0 aliphatic rings. The molecule has 1 aromatic heterocycles. The average molecular weight is 341 g/mol. The first kappa shape index (κ1) is 14.2. The van der Waals surface area contributed by atoms with Crippen LogP contribution in [0.1, 0.15) is 24.1 Å². The number of halogens is 1. The van der Waals surface area contributed by atoms with Gasteiger partial charge in [-0.15, -0.1) is 0 Å². The second-order valence-electron chi connectivity index (χ2n) is 5.21. The Morgan fingerprint density at radius 3 is 2.86 bits per heavy atom. The SMILES string of the molecule is C[C@H](NCc1ccc2cnccc2c1)c1cccc(Br)c1. The molecule has 21 heavy (non-hydrogen) atoms. The zero-order valence-corrected chi connectivity index (χ0v) is 13.5. The lowest BCUT2D eigenvalue weighted by molar-refractivity contribution is 0.575. The van der Waals surface area contributed by atoms with Gasteiger partial charge in [0, 0.05) is 34.8 Å². The Kier molecular flexibility index (Phi) is 4.32. The number of aromatic nitrogens is 1. The Morgan fingerprint density at radius 2 is 2.00 bits per heavy atom. The van der Waals surface area contributed by atoms with Gasteiger partial charge in [-0.2, -0.15) is 0 Å². The van der Waals surface area contributed by atoms with Crippen molar-refractivity contribution in [1.82, 2.24) is 10.3 Å². The summed E-state index contributed by atoms with van der Waals surface area (Å²) >= 11 is 3.52. The van der Waals surface area contributed by atoms with Crippen LogP contribution in [-0.2, 0) is 6.54 Å². The third kappa shape index (κ3) is 3.49. The van der Waals surface area contributed by atoms with E-state index in [0.717, 1.165) is 11.0 Å². The lowest BCUT2D eigenvalue weighted by Gasteiger charge is -2.15. The van der Waals surface area contributed by atoms with Crippen LogP contribution in [0.15, 0.2) is 65.4 Å². The molecule has 0 aliphatic carbocycles. The van der Waals surface area contributed by atoms with Gasteiger partial charge in [0.1, 0.15) is 0 Å². The molecule has 0 unspecified atom stereocenters. The number of hydrogen-bond donors (Lipinski definition) is 1. The minimum atomic E-state index is 0.315. The van der Waals surface area contributed by atoms with Crippen molar-refractivity contribution in [2.24, 2.45) is 0 Å². The van der Waals surface area contributed by atoms with Crippen molar-refractivity contribution in [2.75, 3.05) is 0 Å². The minimum Gasteiger partial charge on any atom is -0.306 e. The van der Waals surface area contributed by atoms with E-state index in [1.165, 1.54) is 21.9 Å². The number of nitrogens with one attached hydrogen (secondary N) is 1. The number of pyridine rings is 1. The minimum absolute atomic E-state index is 0.315. The van der Waals surface area contributed by atoms with Crippen LogP contribution in [0.2, 0.25) is 0 Å². The van der Waals surface area contributed by atoms with Crippen LogP contribution in [-0.4, -0.2) is 4.98 Å². The van der Waals surface area contributed by atoms with Gasteiger partial charge in [-0.25, -0.2) is 0 Å². The van der Waals surface area contributed by atoms with Gasteiger partial charge >= 0.3 is 0 Å². The summed E-state index contributed by atoms with van der Waals surface area (Å²) in [6.07, 6.45) is 3.74. The van der Waals surface area contributed by atoms with Crippen molar-refractivity contribution >= 4 is 26.7 Å². The monoisotopic (exact) mass is 340 g/mol. The Hall–Kier alpha value is -1.71. The van der Waals surface area contributed by atoms with Gasteiger partial charge in [-0.3, -0.25) is 4.98 Å². The molecule has 1 atom stereocenters. The molecule has 0 fully saturated rings. The van der Waals surface area contributed by atoms with Crippen LogP contribution in [0.25, 0.3) is 10.8 Å². The van der Waals surface area contributed by atoms with Crippen LogP contribution in [0.4, 0.5) is 0 Å². The number of nitrogens with zero attached hydrogens (tertiary/aromatic N) is 1. The Bertz CT molecular complexity index is 755. The molecule has 0 saturated heterocycles. The van der Waals surface area contributed by atoms with Gasteiger partial charge in [-0.1, -0.05) is 40.2 Å². The number of hydrogen-bond acceptors (Lipinski definition) is 2. The second-order valence-corrected chi connectivity index (χ2v) is 6.13. The molecule has 2 nitrogen and oxygen atoms in total. The van der Waals surface area contributed by atoms with Gasteiger partial charge < -0.3 is 5.32 Å². The summed E-state index contributed by atoms with van der Waals surface area (Å²) in [6.45, 7) is 3.04. The third-order valence-electron chi connectivity index (χ3n) is 3.67. The van der Waals surface area contributed by atoms with Crippen LogP contribution in [0, 0.1) is 0 Å². The molecule has 106 valence electrons. The van der Waals surface area contributed by atoms with Crippen molar-refractivity contribution in [1.29, 1.82) is 0 Å². The summed E-state index contributed by atoms with van der Waals surface area (Å²) in [4.78, 5) is 4.14. The van der Waals surface area contributed by atoms with Gasteiger partial charge in [0.15, 0.2) is 0 Å². The molecule has 1 N–H and O–H groups in total. The molecule has 3 heteroatoms. The number of benzene rings is 2. The molecular formula is C18H17BrN2. The molecule has 0 aliphatic heterocycles. The van der Waals surface area contributed by atoms with Gasteiger partial charge in [-0.05, 0) is 47.7 Å². The Balaban J connectivity index is 1.71. The molecule has 0 bridgehead atoms. The molecule has 0 radical (unpaired) electrons. The normalized spacial score (nSPS) is 12.5. The largest absolute Gasteiger partial charge is 0.306 e. The molecule has 0 spiro atoms. The maximum absolute atomic E-state index is 4.14. The average Bonchev–Trinajstić information content (AvgIpc) is 2.52. The van der Waals surface area contributed by atoms with Crippen molar-refractivity contribution in [3.05, 3.63) is 76.5 Å². The van der Waals surface area contributed by atoms with Gasteiger partial charge in [0.2, 0.25) is 0 Å². The summed E-state index contributed by atoms with van der Waals surface area (Å²) in [6, 6.07) is 17.3. The molecular weight excluding hydrogens is 324 g/mol. The van der Waals surface area contributed by atoms with E-state index in [0.29, 0.717) is 6.04 Å². The van der Waals surface area contributed by atoms with Crippen LogP contribution < -0.4 is 5.32 Å². The van der Waals surface area contributed by atoms with Crippen LogP contribution in [0.3, 0.4) is 0 Å². The van der Waals surface area contributed by atoms with E-state index >= 15 is 0 Å². The van der Waals surface area contributed by atoms with Crippen molar-refractivity contribution < 1.29 is 0 Å². The number of rotatable bonds is 4. The Morgan fingerprint density at radius 1 is 1.10 bits per heavy atom. The molecule has 0 amide bonds. The zero-order chi connectivity index (χ0) is 14.7. The van der Waals surface area contributed by atoms with Crippen molar-refractivity contribution in [2.45, 2.75) is 19.5 Å². The van der Waals surface area contributed by atoms with Gasteiger partial charge in [0.25, 0.3) is 0 Å². The second kappa shape index (κ2) is 6.37. The highest BCUT2D eigenvalue weighted by Crippen LogP contribution is 2.19. The quantitative estimate of drug-likeness (QED) is 0.734. The highest BCUT2D eigenvalue weighted by atomic mass is 79.9. The van der Waals surface area contributed by atoms with Crippen molar-refractivity contribution in [3.63, 3.8) is 0 Å². The predicted molar refractivity (Wildman–Crippen MR) is 91.1 cm³/mol. The van der Waals surface area contributed by atoms with Gasteiger partial charge in [0.05, 0.1) is 0 Å². The zero-order valence-electron chi connectivity index (χ0n) is 11.9. The maximum atomic E-state index is 4.14. The number of fused-ring (bicyclic) bond motifs is 1. The lowest BCUT2D eigenvalue weighted by atomic mass is 10.1. The summed E-state index contributed by atoms with van der Waals surface area (Å²) in [5, 5.41) is 5.99.